The Balaban J connectivity index is 2.99. The standard InChI is InChI=1S/3C2H5.Al/c3*1-2;/h3*1H2,2H3;/q;;;-1. The highest BCUT2D eigenvalue weighted by Crippen LogP contribution is 2.01. The van der Waals surface area contributed by atoms with Gasteiger partial charge in [-0.05, 0) is 14.1 Å². The summed E-state index contributed by atoms with van der Waals surface area (Å²) in [7, 11) is 0. The van der Waals surface area contributed by atoms with Gasteiger partial charge in [0.15, 0.2) is 0 Å². The Labute approximate surface area is 51.3 Å². The largest absolute Gasteiger partial charge is 0.225 e. The van der Waals surface area contributed by atoms with E-state index in [1.807, 2.05) is 0 Å². The molecule has 0 bridgehead atoms. The first-order valence-corrected chi connectivity index (χ1v) is 5.80. The van der Waals surface area contributed by atoms with Crippen LogP contribution in [0.2, 0.25) is 15.8 Å². The molecule has 0 unspecified atom stereocenters. The second-order valence-corrected chi connectivity index (χ2v) is 6.27. The predicted octanol–water partition coefficient (Wildman–Crippen LogP) is 2.54. The van der Waals surface area contributed by atoms with E-state index in [1.165, 1.54) is 15.8 Å². The zero-order valence-corrected chi connectivity index (χ0v) is 6.85. The maximum absolute atomic E-state index is 2.32. The molecule has 0 aliphatic carbocycles. The van der Waals surface area contributed by atoms with E-state index in [0.717, 1.165) is 0 Å². The Bertz CT molecular complexity index is 25.7. The van der Waals surface area contributed by atoms with E-state index >= 15 is 0 Å². The third kappa shape index (κ3) is 3.14. The monoisotopic (exact) mass is 114 g/mol. The van der Waals surface area contributed by atoms with Crippen LogP contribution in [0.4, 0.5) is 0 Å². The molecule has 0 rings (SSSR count). The Morgan fingerprint density at radius 1 is 0.857 bits per heavy atom. The summed E-state index contributed by atoms with van der Waals surface area (Å²) in [4.78, 5) is 0. The van der Waals surface area contributed by atoms with E-state index in [-0.39, 0.29) is 14.1 Å². The van der Waals surface area contributed by atoms with Gasteiger partial charge in [-0.2, -0.15) is 0 Å². The first kappa shape index (κ1) is 7.53. The van der Waals surface area contributed by atoms with Gasteiger partial charge >= 0.3 is 0 Å². The van der Waals surface area contributed by atoms with Gasteiger partial charge in [-0.3, -0.25) is 0 Å². The fourth-order valence-corrected chi connectivity index (χ4v) is 2.60. The molecule has 0 N–H and O–H groups in total. The highest BCUT2D eigenvalue weighted by Gasteiger charge is 1.87. The molecule has 0 nitrogen and oxygen atoms in total. The van der Waals surface area contributed by atoms with E-state index in [4.69, 9.17) is 0 Å². The number of hydrogen-bond acceptors (Lipinski definition) is 0. The quantitative estimate of drug-likeness (QED) is 0.494. The summed E-state index contributed by atoms with van der Waals surface area (Å²) in [6.07, 6.45) is 0. The molecule has 0 aromatic heterocycles. The lowest BCUT2D eigenvalue weighted by molar-refractivity contribution is 1.24. The molecule has 0 aromatic rings. The zero-order valence-electron chi connectivity index (χ0n) is 5.70. The van der Waals surface area contributed by atoms with E-state index < -0.39 is 0 Å². The minimum atomic E-state index is -0.171. The van der Waals surface area contributed by atoms with Crippen molar-refractivity contribution >= 4 is 14.1 Å². The Morgan fingerprint density at radius 2 is 1.14 bits per heavy atom. The lowest BCUT2D eigenvalue weighted by Crippen LogP contribution is -2.04. The van der Waals surface area contributed by atoms with Crippen LogP contribution in [0.5, 0.6) is 0 Å². The SMILES string of the molecule is C[CH2][Al-]([CH2]C)[CH2]C. The van der Waals surface area contributed by atoms with Gasteiger partial charge in [-0.25, -0.2) is 15.8 Å². The smallest absolute Gasteiger partial charge is 0.0343 e. The third-order valence-electron chi connectivity index (χ3n) is 1.73. The second kappa shape index (κ2) is 4.69. The van der Waals surface area contributed by atoms with Crippen molar-refractivity contribution < 1.29 is 0 Å². The van der Waals surface area contributed by atoms with Crippen LogP contribution in [-0.4, -0.2) is 14.1 Å². The molecular weight excluding hydrogens is 99.0 g/mol. The molecule has 7 heavy (non-hydrogen) atoms. The maximum atomic E-state index is 2.32. The van der Waals surface area contributed by atoms with Crippen LogP contribution in [0.3, 0.4) is 0 Å². The molecule has 0 fully saturated rings. The van der Waals surface area contributed by atoms with Crippen LogP contribution >= 0.6 is 0 Å². The van der Waals surface area contributed by atoms with E-state index in [1.54, 1.807) is 0 Å². The number of hydrogen-bond donors (Lipinski definition) is 0. The first-order valence-electron chi connectivity index (χ1n) is 3.35. The van der Waals surface area contributed by atoms with Gasteiger partial charge in [0.1, 0.15) is 0 Å². The molecular formula is C6H15Al-. The van der Waals surface area contributed by atoms with Crippen molar-refractivity contribution in [2.24, 2.45) is 0 Å². The van der Waals surface area contributed by atoms with E-state index in [2.05, 4.69) is 20.8 Å². The predicted molar refractivity (Wildman–Crippen MR) is 37.2 cm³/mol. The second-order valence-electron chi connectivity index (χ2n) is 2.09. The Morgan fingerprint density at radius 3 is 1.14 bits per heavy atom. The molecule has 0 amide bonds. The molecule has 0 aliphatic heterocycles. The van der Waals surface area contributed by atoms with Crippen LogP contribution < -0.4 is 0 Å². The van der Waals surface area contributed by atoms with Gasteiger partial charge in [-0.1, -0.05) is 0 Å². The van der Waals surface area contributed by atoms with Crippen LogP contribution in [0.1, 0.15) is 20.8 Å². The topological polar surface area (TPSA) is 0 Å². The molecule has 0 saturated carbocycles. The van der Waals surface area contributed by atoms with Crippen molar-refractivity contribution in [1.82, 2.24) is 0 Å². The third-order valence-corrected chi connectivity index (χ3v) is 5.20. The van der Waals surface area contributed by atoms with Gasteiger partial charge in [0, 0.05) is 0 Å². The van der Waals surface area contributed by atoms with E-state index in [0.29, 0.717) is 0 Å². The summed E-state index contributed by atoms with van der Waals surface area (Å²) in [5.74, 6) is 0. The average molecular weight is 114 g/mol. The van der Waals surface area contributed by atoms with Crippen molar-refractivity contribution in [3.63, 3.8) is 0 Å². The lowest BCUT2D eigenvalue weighted by atomic mass is 10.9. The molecule has 43 valence electrons. The fourth-order valence-electron chi connectivity index (χ4n) is 0.866. The van der Waals surface area contributed by atoms with Crippen LogP contribution in [-0.2, 0) is 0 Å². The Hall–Kier alpha value is 0.532. The molecule has 0 atom stereocenters. The summed E-state index contributed by atoms with van der Waals surface area (Å²) >= 11 is -0.171. The van der Waals surface area contributed by atoms with Crippen LogP contribution in [0.15, 0.2) is 0 Å². The van der Waals surface area contributed by atoms with Crippen LogP contribution in [0.25, 0.3) is 0 Å². The molecule has 1 radical (unpaired) electrons. The summed E-state index contributed by atoms with van der Waals surface area (Å²) in [5.41, 5.74) is 0. The van der Waals surface area contributed by atoms with Crippen molar-refractivity contribution in [2.45, 2.75) is 36.6 Å². The highest BCUT2D eigenvalue weighted by molar-refractivity contribution is 6.58. The average Bonchev–Trinajstić information content (AvgIpc) is 1.72. The molecule has 0 aliphatic rings. The van der Waals surface area contributed by atoms with Gasteiger partial charge in [0.2, 0.25) is 0 Å². The fraction of sp³-hybridized carbons (Fsp3) is 1.00. The molecule has 0 spiro atoms. The summed E-state index contributed by atoms with van der Waals surface area (Å²) < 4.78 is 0. The summed E-state index contributed by atoms with van der Waals surface area (Å²) in [6, 6.07) is 0. The highest BCUT2D eigenvalue weighted by atomic mass is 27.2. The van der Waals surface area contributed by atoms with Gasteiger partial charge in [0.25, 0.3) is 0 Å². The van der Waals surface area contributed by atoms with E-state index in [9.17, 15) is 0 Å². The summed E-state index contributed by atoms with van der Waals surface area (Å²) in [6.45, 7) is 6.97. The molecule has 1 heteroatoms. The minimum absolute atomic E-state index is 0.171. The maximum Gasteiger partial charge on any atom is -0.0343 e. The van der Waals surface area contributed by atoms with Gasteiger partial charge in [0.05, 0.1) is 0 Å². The lowest BCUT2D eigenvalue weighted by Gasteiger charge is -2.14. The Kier molecular flexibility index (Phi) is 5.04. The normalized spacial score (nSPS) is 10.3. The number of rotatable bonds is 3. The first-order chi connectivity index (χ1) is 3.35. The van der Waals surface area contributed by atoms with Gasteiger partial charge in [-0.15, -0.1) is 20.8 Å². The minimum Gasteiger partial charge on any atom is -0.225 e. The summed E-state index contributed by atoms with van der Waals surface area (Å²) in [5, 5.41) is 4.48. The van der Waals surface area contributed by atoms with Crippen LogP contribution in [0, 0.1) is 0 Å². The van der Waals surface area contributed by atoms with Gasteiger partial charge < -0.3 is 0 Å². The van der Waals surface area contributed by atoms with Crippen molar-refractivity contribution in [2.75, 3.05) is 0 Å². The van der Waals surface area contributed by atoms with Crippen molar-refractivity contribution in [1.29, 1.82) is 0 Å². The molecule has 0 aromatic carbocycles. The van der Waals surface area contributed by atoms with Crippen molar-refractivity contribution in [3.05, 3.63) is 0 Å². The van der Waals surface area contributed by atoms with Crippen molar-refractivity contribution in [3.8, 4) is 0 Å². The molecule has 0 saturated heterocycles. The molecule has 0 heterocycles. The zero-order chi connectivity index (χ0) is 5.70.